The largest absolute Gasteiger partial charge is 0.508 e. The van der Waals surface area contributed by atoms with Crippen molar-refractivity contribution in [3.8, 4) is 5.75 Å². The zero-order valence-electron chi connectivity index (χ0n) is 23.3. The average molecular weight is 585 g/mol. The SMILES string of the molecule is NCCCCC(N)C(=O)NC(CCC(N)=O)C(=O)NC(Cc1ccccc1)C(=O)NC(Cc1ccc(O)cc1)C(=O)O. The van der Waals surface area contributed by atoms with Gasteiger partial charge in [0.05, 0.1) is 6.04 Å². The fourth-order valence-electron chi connectivity index (χ4n) is 4.15. The Morgan fingerprint density at radius 3 is 1.86 bits per heavy atom. The van der Waals surface area contributed by atoms with Gasteiger partial charge in [-0.25, -0.2) is 4.79 Å². The number of aliphatic carboxylic acids is 1. The van der Waals surface area contributed by atoms with Gasteiger partial charge >= 0.3 is 5.97 Å². The summed E-state index contributed by atoms with van der Waals surface area (Å²) in [5.74, 6) is -4.12. The number of hydrogen-bond donors (Lipinski definition) is 8. The highest BCUT2D eigenvalue weighted by molar-refractivity contribution is 5.94. The van der Waals surface area contributed by atoms with Gasteiger partial charge < -0.3 is 43.4 Å². The second kappa shape index (κ2) is 17.4. The number of benzene rings is 2. The van der Waals surface area contributed by atoms with E-state index in [9.17, 15) is 34.2 Å². The molecule has 0 aliphatic carbocycles. The van der Waals surface area contributed by atoms with Crippen LogP contribution in [0.5, 0.6) is 5.75 Å². The average Bonchev–Trinajstić information content (AvgIpc) is 2.95. The first-order valence-electron chi connectivity index (χ1n) is 13.7. The number of carboxylic acid groups (broad SMARTS) is 1. The first-order chi connectivity index (χ1) is 20.0. The molecular formula is C29H40N6O7. The van der Waals surface area contributed by atoms with Crippen molar-refractivity contribution in [3.63, 3.8) is 0 Å². The fraction of sp³-hybridized carbons (Fsp3) is 0.414. The standard InChI is InChI=1S/C29H40N6O7/c30-15-5-4-8-21(31)26(38)33-22(13-14-25(32)37)27(39)34-23(16-18-6-2-1-3-7-18)28(40)35-24(29(41)42)17-19-9-11-20(36)12-10-19/h1-3,6-7,9-12,21-24,36H,4-5,8,13-17,30-31H2,(H2,32,37)(H,33,38)(H,34,39)(H,35,40)(H,41,42). The minimum atomic E-state index is -1.34. The molecule has 4 amide bonds. The summed E-state index contributed by atoms with van der Waals surface area (Å²) < 4.78 is 0. The summed E-state index contributed by atoms with van der Waals surface area (Å²) in [5.41, 5.74) is 17.9. The maximum atomic E-state index is 13.4. The van der Waals surface area contributed by atoms with Crippen LogP contribution >= 0.6 is 0 Å². The zero-order valence-corrected chi connectivity index (χ0v) is 23.3. The molecule has 2 rings (SSSR count). The number of phenolic OH excluding ortho intramolecular Hbond substituents is 1. The highest BCUT2D eigenvalue weighted by Gasteiger charge is 2.31. The lowest BCUT2D eigenvalue weighted by molar-refractivity contribution is -0.142. The molecule has 2 aromatic carbocycles. The Morgan fingerprint density at radius 2 is 1.26 bits per heavy atom. The van der Waals surface area contributed by atoms with Gasteiger partial charge in [-0.1, -0.05) is 48.9 Å². The molecule has 4 unspecified atom stereocenters. The maximum absolute atomic E-state index is 13.4. The van der Waals surface area contributed by atoms with Crippen LogP contribution in [0.25, 0.3) is 0 Å². The van der Waals surface area contributed by atoms with E-state index < -0.39 is 53.8 Å². The first kappa shape index (κ1) is 33.7. The molecule has 4 atom stereocenters. The maximum Gasteiger partial charge on any atom is 0.326 e. The molecule has 0 saturated heterocycles. The summed E-state index contributed by atoms with van der Waals surface area (Å²) in [4.78, 5) is 62.9. The number of carbonyl (C=O) groups excluding carboxylic acids is 4. The number of phenols is 1. The Bertz CT molecular complexity index is 1190. The van der Waals surface area contributed by atoms with Gasteiger partial charge in [-0.3, -0.25) is 19.2 Å². The smallest absolute Gasteiger partial charge is 0.326 e. The van der Waals surface area contributed by atoms with Crippen molar-refractivity contribution in [2.24, 2.45) is 17.2 Å². The van der Waals surface area contributed by atoms with Crippen LogP contribution in [0.4, 0.5) is 0 Å². The molecule has 0 bridgehead atoms. The third-order valence-corrected chi connectivity index (χ3v) is 6.52. The Labute approximate surface area is 244 Å². The number of hydrogen-bond acceptors (Lipinski definition) is 8. The van der Waals surface area contributed by atoms with Crippen LogP contribution in [0.15, 0.2) is 54.6 Å². The Hall–Kier alpha value is -4.49. The monoisotopic (exact) mass is 584 g/mol. The summed E-state index contributed by atoms with van der Waals surface area (Å²) in [6.45, 7) is 0.445. The van der Waals surface area contributed by atoms with Gasteiger partial charge in [0.2, 0.25) is 23.6 Å². The second-order valence-electron chi connectivity index (χ2n) is 9.98. The Balaban J connectivity index is 2.23. The van der Waals surface area contributed by atoms with Gasteiger partial charge in [-0.15, -0.1) is 0 Å². The number of carbonyl (C=O) groups is 5. The number of amides is 4. The van der Waals surface area contributed by atoms with Gasteiger partial charge in [0.15, 0.2) is 0 Å². The predicted octanol–water partition coefficient (Wildman–Crippen LogP) is -0.562. The van der Waals surface area contributed by atoms with Gasteiger partial charge in [0.25, 0.3) is 0 Å². The molecule has 0 aliphatic heterocycles. The fourth-order valence-corrected chi connectivity index (χ4v) is 4.15. The van der Waals surface area contributed by atoms with Gasteiger partial charge in [0.1, 0.15) is 23.9 Å². The number of aromatic hydroxyl groups is 1. The normalized spacial score (nSPS) is 13.7. The quantitative estimate of drug-likeness (QED) is 0.105. The summed E-state index contributed by atoms with van der Waals surface area (Å²) >= 11 is 0. The summed E-state index contributed by atoms with van der Waals surface area (Å²) in [6, 6.07) is 9.92. The summed E-state index contributed by atoms with van der Waals surface area (Å²) in [7, 11) is 0. The van der Waals surface area contributed by atoms with Crippen LogP contribution in [0.3, 0.4) is 0 Å². The van der Waals surface area contributed by atoms with Crippen molar-refractivity contribution in [1.29, 1.82) is 0 Å². The van der Waals surface area contributed by atoms with Crippen LogP contribution in [0.2, 0.25) is 0 Å². The van der Waals surface area contributed by atoms with E-state index in [0.717, 1.165) is 0 Å². The lowest BCUT2D eigenvalue weighted by Gasteiger charge is -2.25. The molecule has 13 heteroatoms. The highest BCUT2D eigenvalue weighted by atomic mass is 16.4. The van der Waals surface area contributed by atoms with Crippen LogP contribution < -0.4 is 33.2 Å². The lowest BCUT2D eigenvalue weighted by Crippen LogP contribution is -2.58. The van der Waals surface area contributed by atoms with E-state index >= 15 is 0 Å². The summed E-state index contributed by atoms with van der Waals surface area (Å²) in [5, 5.41) is 26.9. The molecule has 42 heavy (non-hydrogen) atoms. The molecule has 0 spiro atoms. The van der Waals surface area contributed by atoms with Crippen LogP contribution in [0.1, 0.15) is 43.2 Å². The summed E-state index contributed by atoms with van der Waals surface area (Å²) in [6.07, 6.45) is 1.20. The molecule has 228 valence electrons. The molecule has 0 aromatic heterocycles. The van der Waals surface area contributed by atoms with Crippen molar-refractivity contribution < 1.29 is 34.2 Å². The minimum Gasteiger partial charge on any atom is -0.508 e. The van der Waals surface area contributed by atoms with Crippen molar-refractivity contribution in [2.75, 3.05) is 6.54 Å². The molecule has 0 radical (unpaired) electrons. The molecule has 0 fully saturated rings. The number of nitrogens with two attached hydrogens (primary N) is 3. The predicted molar refractivity (Wildman–Crippen MR) is 155 cm³/mol. The van der Waals surface area contributed by atoms with E-state index in [4.69, 9.17) is 17.2 Å². The molecule has 0 saturated carbocycles. The van der Waals surface area contributed by atoms with Crippen LogP contribution in [-0.4, -0.2) is 70.5 Å². The van der Waals surface area contributed by atoms with Crippen LogP contribution in [0, 0.1) is 0 Å². The van der Waals surface area contributed by atoms with Crippen molar-refractivity contribution >= 4 is 29.6 Å². The molecule has 13 nitrogen and oxygen atoms in total. The minimum absolute atomic E-state index is 0.00907. The Morgan fingerprint density at radius 1 is 0.714 bits per heavy atom. The van der Waals surface area contributed by atoms with Gasteiger partial charge in [-0.2, -0.15) is 0 Å². The number of carboxylic acids is 1. The molecule has 2 aromatic rings. The van der Waals surface area contributed by atoms with Crippen molar-refractivity contribution in [2.45, 2.75) is 69.1 Å². The first-order valence-corrected chi connectivity index (χ1v) is 13.7. The number of unbranched alkanes of at least 4 members (excludes halogenated alkanes) is 1. The van der Waals surface area contributed by atoms with Gasteiger partial charge in [-0.05, 0) is 49.1 Å². The Kier molecular flexibility index (Phi) is 13.9. The lowest BCUT2D eigenvalue weighted by atomic mass is 10.0. The van der Waals surface area contributed by atoms with Gasteiger partial charge in [0, 0.05) is 19.3 Å². The van der Waals surface area contributed by atoms with E-state index in [1.807, 2.05) is 0 Å². The van der Waals surface area contributed by atoms with E-state index in [2.05, 4.69) is 16.0 Å². The third kappa shape index (κ3) is 11.9. The molecular weight excluding hydrogens is 544 g/mol. The van der Waals surface area contributed by atoms with E-state index in [1.165, 1.54) is 24.3 Å². The van der Waals surface area contributed by atoms with E-state index in [-0.39, 0.29) is 31.4 Å². The number of nitrogens with one attached hydrogen (secondary N) is 3. The number of rotatable bonds is 18. The topological polar surface area (TPSA) is 240 Å². The third-order valence-electron chi connectivity index (χ3n) is 6.52. The van der Waals surface area contributed by atoms with E-state index in [1.54, 1.807) is 30.3 Å². The number of primary amides is 1. The van der Waals surface area contributed by atoms with Crippen molar-refractivity contribution in [3.05, 3.63) is 65.7 Å². The molecule has 0 aliphatic rings. The molecule has 11 N–H and O–H groups in total. The van der Waals surface area contributed by atoms with Crippen LogP contribution in [-0.2, 0) is 36.8 Å². The second-order valence-corrected chi connectivity index (χ2v) is 9.98. The zero-order chi connectivity index (χ0) is 31.1. The molecule has 0 heterocycles. The van der Waals surface area contributed by atoms with E-state index in [0.29, 0.717) is 36.9 Å². The highest BCUT2D eigenvalue weighted by Crippen LogP contribution is 2.12. The van der Waals surface area contributed by atoms with Crippen molar-refractivity contribution in [1.82, 2.24) is 16.0 Å².